The van der Waals surface area contributed by atoms with Crippen molar-refractivity contribution in [3.8, 4) is 0 Å². The van der Waals surface area contributed by atoms with Gasteiger partial charge in [-0.15, -0.1) is 0 Å². The molecule has 2 unspecified atom stereocenters. The molecule has 0 aromatic carbocycles. The van der Waals surface area contributed by atoms with Crippen molar-refractivity contribution in [2.75, 3.05) is 0 Å². The van der Waals surface area contributed by atoms with Crippen molar-refractivity contribution in [1.29, 1.82) is 0 Å². The first-order valence-electron chi connectivity index (χ1n) is 9.40. The van der Waals surface area contributed by atoms with E-state index in [1.807, 2.05) is 6.92 Å². The lowest BCUT2D eigenvalue weighted by Crippen LogP contribution is -2.29. The Bertz CT molecular complexity index is 391. The fourth-order valence-corrected chi connectivity index (χ4v) is 3.05. The van der Waals surface area contributed by atoms with Crippen LogP contribution < -0.4 is 0 Å². The molecule has 0 amide bonds. The Balaban J connectivity index is 4.17. The molecule has 0 aromatic rings. The number of hydrogen-bond donors (Lipinski definition) is 0. The maximum atomic E-state index is 12.1. The van der Waals surface area contributed by atoms with Crippen LogP contribution in [-0.4, -0.2) is 11.9 Å². The first-order valence-corrected chi connectivity index (χ1v) is 9.40. The molecule has 2 atom stereocenters. The fraction of sp³-hybridized carbons (Fsp3) is 0.895. The highest BCUT2D eigenvalue weighted by Gasteiger charge is 2.33. The number of hydrogen-bond acceptors (Lipinski definition) is 6. The molecule has 148 valence electrons. The lowest BCUT2D eigenvalue weighted by atomic mass is 9.81. The lowest BCUT2D eigenvalue weighted by molar-refractivity contribution is -0.601. The molecule has 0 aliphatic rings. The highest BCUT2D eigenvalue weighted by molar-refractivity contribution is 5.75. The average Bonchev–Trinajstić information content (AvgIpc) is 2.50. The molecule has 0 fully saturated rings. The van der Waals surface area contributed by atoms with Gasteiger partial charge in [-0.3, -0.25) is 9.78 Å². The summed E-state index contributed by atoms with van der Waals surface area (Å²) in [5.41, 5.74) is -0.714. The maximum Gasteiger partial charge on any atom is 0.351 e. The van der Waals surface area contributed by atoms with Gasteiger partial charge < -0.3 is 0 Å². The van der Waals surface area contributed by atoms with Crippen LogP contribution in [0.1, 0.15) is 87.0 Å². The molecular formula is C19H36O6. The van der Waals surface area contributed by atoms with E-state index in [2.05, 4.69) is 47.5 Å². The predicted octanol–water partition coefficient (Wildman–Crippen LogP) is 5.17. The standard InChI is InChI=1S/C19H36O6/c1-8-10-11-16(9-2)17(20)22-24-25-23-18(21)19(6,7)13-15(5)12-14(3)4/h14-16H,8-13H2,1-7H3. The molecule has 0 N–H and O–H groups in total. The van der Waals surface area contributed by atoms with E-state index in [1.54, 1.807) is 13.8 Å². The summed E-state index contributed by atoms with van der Waals surface area (Å²) in [5.74, 6) is -0.369. The average molecular weight is 360 g/mol. The van der Waals surface area contributed by atoms with E-state index in [1.165, 1.54) is 0 Å². The molecular weight excluding hydrogens is 324 g/mol. The van der Waals surface area contributed by atoms with Gasteiger partial charge in [-0.05, 0) is 51.4 Å². The van der Waals surface area contributed by atoms with Gasteiger partial charge in [0.05, 0.1) is 11.3 Å². The monoisotopic (exact) mass is 360 g/mol. The molecule has 0 saturated heterocycles. The van der Waals surface area contributed by atoms with Gasteiger partial charge in [0.15, 0.2) is 0 Å². The molecule has 0 heterocycles. The van der Waals surface area contributed by atoms with E-state index in [9.17, 15) is 9.59 Å². The second kappa shape index (κ2) is 12.3. The van der Waals surface area contributed by atoms with Crippen LogP contribution in [0.15, 0.2) is 0 Å². The van der Waals surface area contributed by atoms with Crippen LogP contribution in [0.2, 0.25) is 0 Å². The summed E-state index contributed by atoms with van der Waals surface area (Å²) in [6.45, 7) is 14.0. The summed E-state index contributed by atoms with van der Waals surface area (Å²) in [6, 6.07) is 0. The van der Waals surface area contributed by atoms with Gasteiger partial charge in [-0.1, -0.05) is 47.5 Å². The second-order valence-electron chi connectivity index (χ2n) is 7.98. The summed E-state index contributed by atoms with van der Waals surface area (Å²) in [6.07, 6.45) is 5.03. The highest BCUT2D eigenvalue weighted by Crippen LogP contribution is 2.30. The van der Waals surface area contributed by atoms with Crippen LogP contribution in [0.4, 0.5) is 0 Å². The molecule has 0 spiro atoms. The fourth-order valence-electron chi connectivity index (χ4n) is 3.05. The van der Waals surface area contributed by atoms with Crippen molar-refractivity contribution in [3.63, 3.8) is 0 Å². The Morgan fingerprint density at radius 1 is 1.00 bits per heavy atom. The van der Waals surface area contributed by atoms with Gasteiger partial charge in [0.1, 0.15) is 0 Å². The van der Waals surface area contributed by atoms with E-state index in [4.69, 9.17) is 0 Å². The normalized spacial score (nSPS) is 14.2. The topological polar surface area (TPSA) is 71.1 Å². The third kappa shape index (κ3) is 10.4. The second-order valence-corrected chi connectivity index (χ2v) is 7.98. The molecule has 0 bridgehead atoms. The largest absolute Gasteiger partial charge is 0.351 e. The summed E-state index contributed by atoms with van der Waals surface area (Å²) >= 11 is 0. The lowest BCUT2D eigenvalue weighted by Gasteiger charge is -2.25. The SMILES string of the molecule is CCCCC(CC)C(=O)OOOOC(=O)C(C)(C)CC(C)CC(C)C. The maximum absolute atomic E-state index is 12.1. The van der Waals surface area contributed by atoms with Gasteiger partial charge >= 0.3 is 11.9 Å². The van der Waals surface area contributed by atoms with Crippen LogP contribution in [0.3, 0.4) is 0 Å². The van der Waals surface area contributed by atoms with Gasteiger partial charge in [0.2, 0.25) is 0 Å². The van der Waals surface area contributed by atoms with E-state index >= 15 is 0 Å². The number of carbonyl (C=O) groups is 2. The molecule has 0 aliphatic heterocycles. The molecule has 6 nitrogen and oxygen atoms in total. The van der Waals surface area contributed by atoms with E-state index in [0.29, 0.717) is 24.7 Å². The van der Waals surface area contributed by atoms with E-state index in [0.717, 1.165) is 25.7 Å². The van der Waals surface area contributed by atoms with Crippen molar-refractivity contribution in [1.82, 2.24) is 0 Å². The van der Waals surface area contributed by atoms with E-state index in [-0.39, 0.29) is 5.92 Å². The molecule has 0 aromatic heterocycles. The summed E-state index contributed by atoms with van der Waals surface area (Å²) in [4.78, 5) is 33.1. The van der Waals surface area contributed by atoms with Gasteiger partial charge in [0.25, 0.3) is 0 Å². The van der Waals surface area contributed by atoms with Crippen LogP contribution in [-0.2, 0) is 29.4 Å². The summed E-state index contributed by atoms with van der Waals surface area (Å²) in [5, 5.41) is 8.62. The number of unbranched alkanes of at least 4 members (excludes halogenated alkanes) is 1. The predicted molar refractivity (Wildman–Crippen MR) is 94.7 cm³/mol. The minimum atomic E-state index is -0.714. The summed E-state index contributed by atoms with van der Waals surface area (Å²) in [7, 11) is 0. The van der Waals surface area contributed by atoms with Gasteiger partial charge in [0, 0.05) is 10.1 Å². The number of carbonyl (C=O) groups excluding carboxylic acids is 2. The molecule has 25 heavy (non-hydrogen) atoms. The Kier molecular flexibility index (Phi) is 11.7. The zero-order valence-electron chi connectivity index (χ0n) is 16.9. The van der Waals surface area contributed by atoms with Crippen LogP contribution >= 0.6 is 0 Å². The third-order valence-corrected chi connectivity index (χ3v) is 4.27. The minimum absolute atomic E-state index is 0.243. The Morgan fingerprint density at radius 3 is 2.12 bits per heavy atom. The minimum Gasteiger partial charge on any atom is -0.266 e. The first-order chi connectivity index (χ1) is 11.6. The smallest absolute Gasteiger partial charge is 0.266 e. The van der Waals surface area contributed by atoms with Crippen molar-refractivity contribution >= 4 is 11.9 Å². The molecule has 0 aliphatic carbocycles. The van der Waals surface area contributed by atoms with Crippen molar-refractivity contribution < 1.29 is 29.4 Å². The highest BCUT2D eigenvalue weighted by atomic mass is 17.7. The number of rotatable bonds is 13. The van der Waals surface area contributed by atoms with E-state index < -0.39 is 17.4 Å². The zero-order chi connectivity index (χ0) is 19.5. The Morgan fingerprint density at radius 2 is 1.60 bits per heavy atom. The third-order valence-electron chi connectivity index (χ3n) is 4.27. The quantitative estimate of drug-likeness (QED) is 0.256. The first kappa shape index (κ1) is 23.9. The molecule has 0 rings (SSSR count). The zero-order valence-corrected chi connectivity index (χ0v) is 16.9. The summed E-state index contributed by atoms with van der Waals surface area (Å²) < 4.78 is 0. The molecule has 0 saturated carbocycles. The van der Waals surface area contributed by atoms with Crippen molar-refractivity contribution in [3.05, 3.63) is 0 Å². The van der Waals surface area contributed by atoms with Crippen LogP contribution in [0.25, 0.3) is 0 Å². The van der Waals surface area contributed by atoms with Crippen molar-refractivity contribution in [2.45, 2.75) is 87.0 Å². The van der Waals surface area contributed by atoms with Crippen molar-refractivity contribution in [2.24, 2.45) is 23.2 Å². The Labute approximate surface area is 152 Å². The van der Waals surface area contributed by atoms with Crippen LogP contribution in [0, 0.1) is 23.2 Å². The van der Waals surface area contributed by atoms with Crippen LogP contribution in [0.5, 0.6) is 0 Å². The Hall–Kier alpha value is -1.14. The van der Waals surface area contributed by atoms with Gasteiger partial charge in [-0.25, -0.2) is 9.59 Å². The molecule has 0 radical (unpaired) electrons. The van der Waals surface area contributed by atoms with Gasteiger partial charge in [-0.2, -0.15) is 0 Å². The molecule has 6 heteroatoms.